The minimum Gasteiger partial charge on any atom is -0.395 e. The fourth-order valence-corrected chi connectivity index (χ4v) is 2.74. The number of rotatable bonds is 7. The van der Waals surface area contributed by atoms with E-state index in [4.69, 9.17) is 11.6 Å². The lowest BCUT2D eigenvalue weighted by molar-refractivity contribution is 0.283. The molecule has 1 aliphatic rings. The zero-order chi connectivity index (χ0) is 13.7. The van der Waals surface area contributed by atoms with Gasteiger partial charge in [-0.25, -0.2) is 0 Å². The van der Waals surface area contributed by atoms with Gasteiger partial charge in [0.15, 0.2) is 0 Å². The molecule has 106 valence electrons. The first-order valence-corrected chi connectivity index (χ1v) is 7.50. The Kier molecular flexibility index (Phi) is 5.49. The Labute approximate surface area is 120 Å². The molecule has 4 heteroatoms. The smallest absolute Gasteiger partial charge is 0.0606 e. The van der Waals surface area contributed by atoms with E-state index in [-0.39, 0.29) is 6.61 Å². The van der Waals surface area contributed by atoms with Gasteiger partial charge in [0.05, 0.1) is 6.61 Å². The molecule has 0 aliphatic heterocycles. The minimum absolute atomic E-state index is 0.194. The summed E-state index contributed by atoms with van der Waals surface area (Å²) in [5.74, 6) is 0. The molecule has 2 rings (SSSR count). The maximum atomic E-state index is 9.30. The van der Waals surface area contributed by atoms with Crippen molar-refractivity contribution in [2.75, 3.05) is 24.6 Å². The first kappa shape index (κ1) is 14.6. The molecule has 1 fully saturated rings. The third kappa shape index (κ3) is 3.62. The number of halogens is 1. The van der Waals surface area contributed by atoms with Crippen LogP contribution in [-0.2, 0) is 6.54 Å². The van der Waals surface area contributed by atoms with Crippen molar-refractivity contribution in [1.29, 1.82) is 0 Å². The fraction of sp³-hybridized carbons (Fsp3) is 0.600. The molecule has 0 spiro atoms. The third-order valence-electron chi connectivity index (χ3n) is 3.77. The van der Waals surface area contributed by atoms with Crippen LogP contribution in [0.4, 0.5) is 5.69 Å². The maximum absolute atomic E-state index is 9.30. The highest BCUT2D eigenvalue weighted by molar-refractivity contribution is 6.30. The summed E-state index contributed by atoms with van der Waals surface area (Å²) in [6.07, 6.45) is 3.75. The van der Waals surface area contributed by atoms with Crippen LogP contribution in [0.15, 0.2) is 18.2 Å². The van der Waals surface area contributed by atoms with Crippen molar-refractivity contribution in [3.63, 3.8) is 0 Å². The lowest BCUT2D eigenvalue weighted by Gasteiger charge is -2.40. The Morgan fingerprint density at radius 2 is 2.21 bits per heavy atom. The summed E-state index contributed by atoms with van der Waals surface area (Å²) in [5, 5.41) is 13.4. The predicted molar refractivity (Wildman–Crippen MR) is 80.9 cm³/mol. The molecule has 19 heavy (non-hydrogen) atoms. The molecule has 0 amide bonds. The monoisotopic (exact) mass is 282 g/mol. The maximum Gasteiger partial charge on any atom is 0.0606 e. The number of anilines is 1. The number of benzene rings is 1. The Balaban J connectivity index is 2.23. The molecule has 1 aromatic rings. The highest BCUT2D eigenvalue weighted by atomic mass is 35.5. The first-order chi connectivity index (χ1) is 9.26. The molecule has 0 bridgehead atoms. The predicted octanol–water partition coefficient (Wildman–Crippen LogP) is 2.80. The molecule has 3 nitrogen and oxygen atoms in total. The number of hydrogen-bond donors (Lipinski definition) is 2. The van der Waals surface area contributed by atoms with E-state index in [9.17, 15) is 5.11 Å². The van der Waals surface area contributed by atoms with Gasteiger partial charge in [0, 0.05) is 29.8 Å². The van der Waals surface area contributed by atoms with Crippen LogP contribution in [0, 0.1) is 0 Å². The molecule has 0 heterocycles. The summed E-state index contributed by atoms with van der Waals surface area (Å²) in [7, 11) is 0. The highest BCUT2D eigenvalue weighted by Gasteiger charge is 2.26. The van der Waals surface area contributed by atoms with Crippen LogP contribution in [0.1, 0.15) is 31.7 Å². The lowest BCUT2D eigenvalue weighted by atomic mass is 9.90. The molecule has 0 saturated heterocycles. The third-order valence-corrected chi connectivity index (χ3v) is 4.01. The average Bonchev–Trinajstić information content (AvgIpc) is 2.34. The van der Waals surface area contributed by atoms with Crippen molar-refractivity contribution in [3.05, 3.63) is 28.8 Å². The van der Waals surface area contributed by atoms with Gasteiger partial charge in [-0.3, -0.25) is 0 Å². The van der Waals surface area contributed by atoms with Gasteiger partial charge in [-0.05, 0) is 49.6 Å². The van der Waals surface area contributed by atoms with Crippen LogP contribution in [0.25, 0.3) is 0 Å². The normalized spacial score (nSPS) is 15.3. The average molecular weight is 283 g/mol. The second-order valence-corrected chi connectivity index (χ2v) is 5.49. The molecule has 1 aliphatic carbocycles. The lowest BCUT2D eigenvalue weighted by Crippen LogP contribution is -2.42. The van der Waals surface area contributed by atoms with Crippen molar-refractivity contribution in [3.8, 4) is 0 Å². The molecule has 0 aromatic heterocycles. The number of nitrogens with one attached hydrogen (secondary N) is 1. The van der Waals surface area contributed by atoms with Crippen LogP contribution in [0.2, 0.25) is 5.02 Å². The van der Waals surface area contributed by atoms with Gasteiger partial charge >= 0.3 is 0 Å². The molecule has 0 radical (unpaired) electrons. The van der Waals surface area contributed by atoms with Crippen molar-refractivity contribution in [1.82, 2.24) is 5.32 Å². The highest BCUT2D eigenvalue weighted by Crippen LogP contribution is 2.32. The zero-order valence-corrected chi connectivity index (χ0v) is 12.3. The van der Waals surface area contributed by atoms with Gasteiger partial charge in [-0.2, -0.15) is 0 Å². The fourth-order valence-electron chi connectivity index (χ4n) is 2.54. The summed E-state index contributed by atoms with van der Waals surface area (Å²) >= 11 is 6.11. The van der Waals surface area contributed by atoms with Crippen LogP contribution >= 0.6 is 11.6 Å². The first-order valence-electron chi connectivity index (χ1n) is 7.13. The quantitative estimate of drug-likeness (QED) is 0.807. The Bertz CT molecular complexity index is 407. The SMILES string of the molecule is CCNCc1cc(Cl)ccc1N(CCO)C1CCC1. The number of nitrogens with zero attached hydrogens (tertiary/aromatic N) is 1. The van der Waals surface area contributed by atoms with Crippen LogP contribution < -0.4 is 10.2 Å². The molecule has 0 unspecified atom stereocenters. The summed E-state index contributed by atoms with van der Waals surface area (Å²) in [6, 6.07) is 6.63. The van der Waals surface area contributed by atoms with Gasteiger partial charge in [0.25, 0.3) is 0 Å². The number of hydrogen-bond acceptors (Lipinski definition) is 3. The molecular formula is C15H23ClN2O. The molecule has 0 atom stereocenters. The van der Waals surface area contributed by atoms with Gasteiger partial charge < -0.3 is 15.3 Å². The van der Waals surface area contributed by atoms with Crippen LogP contribution in [0.3, 0.4) is 0 Å². The van der Waals surface area contributed by atoms with E-state index in [1.165, 1.54) is 30.5 Å². The van der Waals surface area contributed by atoms with E-state index in [0.29, 0.717) is 12.6 Å². The van der Waals surface area contributed by atoms with Gasteiger partial charge in [-0.1, -0.05) is 18.5 Å². The minimum atomic E-state index is 0.194. The van der Waals surface area contributed by atoms with Crippen LogP contribution in [-0.4, -0.2) is 30.8 Å². The summed E-state index contributed by atoms with van der Waals surface area (Å²) in [5.41, 5.74) is 2.43. The second kappa shape index (κ2) is 7.13. The van der Waals surface area contributed by atoms with Crippen molar-refractivity contribution in [2.24, 2.45) is 0 Å². The van der Waals surface area contributed by atoms with E-state index in [0.717, 1.165) is 18.1 Å². The second-order valence-electron chi connectivity index (χ2n) is 5.06. The molecular weight excluding hydrogens is 260 g/mol. The van der Waals surface area contributed by atoms with E-state index < -0.39 is 0 Å². The summed E-state index contributed by atoms with van der Waals surface area (Å²) in [6.45, 7) is 4.75. The summed E-state index contributed by atoms with van der Waals surface area (Å²) in [4.78, 5) is 2.34. The van der Waals surface area contributed by atoms with Gasteiger partial charge in [0.1, 0.15) is 0 Å². The standard InChI is InChI=1S/C15H23ClN2O/c1-2-17-11-12-10-13(16)6-7-15(12)18(8-9-19)14-4-3-5-14/h6-7,10,14,17,19H,2-5,8-9,11H2,1H3. The Morgan fingerprint density at radius 3 is 2.79 bits per heavy atom. The largest absolute Gasteiger partial charge is 0.395 e. The van der Waals surface area contributed by atoms with Crippen LogP contribution in [0.5, 0.6) is 0 Å². The van der Waals surface area contributed by atoms with E-state index >= 15 is 0 Å². The van der Waals surface area contributed by atoms with Crippen molar-refractivity contribution in [2.45, 2.75) is 38.8 Å². The number of aliphatic hydroxyl groups excluding tert-OH is 1. The molecule has 2 N–H and O–H groups in total. The Hall–Kier alpha value is -0.770. The van der Waals surface area contributed by atoms with Gasteiger partial charge in [-0.15, -0.1) is 0 Å². The van der Waals surface area contributed by atoms with Crippen molar-refractivity contribution < 1.29 is 5.11 Å². The number of aliphatic hydroxyl groups is 1. The molecule has 1 aromatic carbocycles. The van der Waals surface area contributed by atoms with E-state index in [1.54, 1.807) is 0 Å². The Morgan fingerprint density at radius 1 is 1.42 bits per heavy atom. The van der Waals surface area contributed by atoms with E-state index in [2.05, 4.69) is 23.2 Å². The van der Waals surface area contributed by atoms with Crippen molar-refractivity contribution >= 4 is 17.3 Å². The summed E-state index contributed by atoms with van der Waals surface area (Å²) < 4.78 is 0. The topological polar surface area (TPSA) is 35.5 Å². The van der Waals surface area contributed by atoms with Gasteiger partial charge in [0.2, 0.25) is 0 Å². The molecule has 1 saturated carbocycles. The zero-order valence-electron chi connectivity index (χ0n) is 11.5. The van der Waals surface area contributed by atoms with E-state index in [1.807, 2.05) is 12.1 Å².